The summed E-state index contributed by atoms with van der Waals surface area (Å²) in [6, 6.07) is 7.82. The minimum atomic E-state index is -0.575. The molecule has 0 unspecified atom stereocenters. The lowest BCUT2D eigenvalue weighted by molar-refractivity contribution is -0.128. The summed E-state index contributed by atoms with van der Waals surface area (Å²) >= 11 is 6.22. The van der Waals surface area contributed by atoms with E-state index in [0.29, 0.717) is 5.02 Å². The molecule has 2 aliphatic rings. The molecule has 0 bridgehead atoms. The molecule has 2 atom stereocenters. The lowest BCUT2D eigenvalue weighted by Crippen LogP contribution is -2.50. The Morgan fingerprint density at radius 1 is 1.33 bits per heavy atom. The number of rotatable bonds is 1. The van der Waals surface area contributed by atoms with Gasteiger partial charge < -0.3 is 4.79 Å². The highest BCUT2D eigenvalue weighted by atomic mass is 35.5. The molecule has 0 spiro atoms. The molecule has 1 aromatic carbocycles. The maximum absolute atomic E-state index is 12.8. The van der Waals surface area contributed by atoms with Gasteiger partial charge in [0.15, 0.2) is 5.78 Å². The number of carbonyl (C=O) groups excluding carboxylic acids is 1. The van der Waals surface area contributed by atoms with E-state index in [1.807, 2.05) is 55.9 Å². The predicted molar refractivity (Wildman–Crippen MR) is 106 cm³/mol. The van der Waals surface area contributed by atoms with E-state index in [9.17, 15) is 4.79 Å². The number of fused-ring (bicyclic) bond motifs is 3. The fraction of sp³-hybridized carbons (Fsp3) is 0.409. The summed E-state index contributed by atoms with van der Waals surface area (Å²) in [5.74, 6) is 0.0760. The van der Waals surface area contributed by atoms with Crippen LogP contribution in [0, 0.1) is 17.9 Å². The Kier molecular flexibility index (Phi) is 3.87. The molecule has 0 radical (unpaired) electrons. The van der Waals surface area contributed by atoms with Crippen molar-refractivity contribution in [2.75, 3.05) is 0 Å². The molecule has 4 rings (SSSR count). The van der Waals surface area contributed by atoms with Crippen molar-refractivity contribution in [3.8, 4) is 11.3 Å². The number of allylic oxidation sites excluding steroid dienone is 2. The van der Waals surface area contributed by atoms with Crippen LogP contribution in [0.25, 0.3) is 16.1 Å². The summed E-state index contributed by atoms with van der Waals surface area (Å²) < 4.78 is 1.92. The monoisotopic (exact) mass is 379 g/mol. The van der Waals surface area contributed by atoms with Crippen molar-refractivity contribution in [2.24, 2.45) is 18.4 Å². The zero-order valence-corrected chi connectivity index (χ0v) is 16.8. The molecule has 1 heterocycles. The van der Waals surface area contributed by atoms with Crippen LogP contribution >= 0.6 is 11.6 Å². The van der Waals surface area contributed by atoms with Gasteiger partial charge in [0.25, 0.3) is 0 Å². The average Bonchev–Trinajstić information content (AvgIpc) is 2.96. The first kappa shape index (κ1) is 18.0. The Balaban J connectivity index is 1.96. The van der Waals surface area contributed by atoms with Crippen molar-refractivity contribution in [1.29, 1.82) is 0 Å². The van der Waals surface area contributed by atoms with Crippen LogP contribution < -0.4 is 0 Å². The first-order valence-corrected chi connectivity index (χ1v) is 9.55. The van der Waals surface area contributed by atoms with Gasteiger partial charge in [-0.2, -0.15) is 5.10 Å². The molecule has 0 fully saturated rings. The SMILES string of the molecule is [C-]#[N+]C1=C[C@]2(C)c3nn(C)c(-c4cccc(Cl)c4)c3CC[C@H]2C(C)(C)C1=O. The molecule has 5 heteroatoms. The number of hydrogen-bond donors (Lipinski definition) is 0. The molecule has 138 valence electrons. The zero-order valence-electron chi connectivity index (χ0n) is 16.0. The third kappa shape index (κ3) is 2.41. The summed E-state index contributed by atoms with van der Waals surface area (Å²) in [4.78, 5) is 16.3. The number of nitrogens with zero attached hydrogens (tertiary/aromatic N) is 3. The molecule has 0 saturated carbocycles. The van der Waals surface area contributed by atoms with Gasteiger partial charge in [-0.1, -0.05) is 50.6 Å². The zero-order chi connectivity index (χ0) is 19.6. The Labute approximate surface area is 164 Å². The van der Waals surface area contributed by atoms with Gasteiger partial charge in [0.2, 0.25) is 5.70 Å². The molecule has 2 aromatic rings. The Morgan fingerprint density at radius 2 is 2.07 bits per heavy atom. The van der Waals surface area contributed by atoms with Crippen molar-refractivity contribution < 1.29 is 4.79 Å². The molecule has 0 aliphatic heterocycles. The summed E-state index contributed by atoms with van der Waals surface area (Å²) in [7, 11) is 1.95. The van der Waals surface area contributed by atoms with E-state index in [0.717, 1.165) is 29.8 Å². The van der Waals surface area contributed by atoms with Crippen LogP contribution in [0.3, 0.4) is 0 Å². The van der Waals surface area contributed by atoms with E-state index in [1.54, 1.807) is 0 Å². The van der Waals surface area contributed by atoms with Gasteiger partial charge >= 0.3 is 0 Å². The van der Waals surface area contributed by atoms with Gasteiger partial charge in [0.1, 0.15) is 0 Å². The minimum Gasteiger partial charge on any atom is -0.307 e. The highest BCUT2D eigenvalue weighted by Crippen LogP contribution is 2.55. The summed E-state index contributed by atoms with van der Waals surface area (Å²) in [5.41, 5.74) is 3.53. The van der Waals surface area contributed by atoms with E-state index >= 15 is 0 Å². The van der Waals surface area contributed by atoms with Gasteiger partial charge in [-0.15, -0.1) is 0 Å². The van der Waals surface area contributed by atoms with Crippen molar-refractivity contribution in [3.05, 3.63) is 63.7 Å². The van der Waals surface area contributed by atoms with E-state index in [2.05, 4.69) is 11.8 Å². The van der Waals surface area contributed by atoms with E-state index in [1.165, 1.54) is 5.56 Å². The van der Waals surface area contributed by atoms with Gasteiger partial charge in [-0.05, 0) is 30.9 Å². The Hall–Kier alpha value is -2.38. The van der Waals surface area contributed by atoms with Crippen molar-refractivity contribution in [2.45, 2.75) is 39.0 Å². The fourth-order valence-electron chi connectivity index (χ4n) is 5.19. The van der Waals surface area contributed by atoms with Crippen LogP contribution in [0.5, 0.6) is 0 Å². The largest absolute Gasteiger partial charge is 0.307 e. The number of benzene rings is 1. The third-order valence-corrected chi connectivity index (χ3v) is 6.64. The normalized spacial score (nSPS) is 26.0. The maximum atomic E-state index is 12.8. The quantitative estimate of drug-likeness (QED) is 0.656. The van der Waals surface area contributed by atoms with Crippen LogP contribution in [0.2, 0.25) is 5.02 Å². The number of aromatic nitrogens is 2. The van der Waals surface area contributed by atoms with Gasteiger partial charge in [0.05, 0.1) is 18.0 Å². The first-order valence-electron chi connectivity index (χ1n) is 9.17. The maximum Gasteiger partial charge on any atom is 0.226 e. The summed E-state index contributed by atoms with van der Waals surface area (Å²) in [6.45, 7) is 13.6. The van der Waals surface area contributed by atoms with Gasteiger partial charge in [-0.25, -0.2) is 4.85 Å². The van der Waals surface area contributed by atoms with Gasteiger partial charge in [-0.3, -0.25) is 4.68 Å². The topological polar surface area (TPSA) is 39.2 Å². The van der Waals surface area contributed by atoms with Crippen molar-refractivity contribution in [3.63, 3.8) is 0 Å². The van der Waals surface area contributed by atoms with E-state index in [4.69, 9.17) is 23.3 Å². The standard InChI is InChI=1S/C22H22ClN3O/c1-21(2)17-10-9-15-18(13-7-6-8-14(23)11-13)26(5)25-19(15)22(17,3)12-16(24-4)20(21)27/h6-8,11-12,17H,9-10H2,1-3,5H3/t17-,22-/m0/s1. The summed E-state index contributed by atoms with van der Waals surface area (Å²) in [6.07, 6.45) is 3.62. The van der Waals surface area contributed by atoms with Crippen LogP contribution in [0.15, 0.2) is 36.0 Å². The molecular weight excluding hydrogens is 358 g/mol. The molecule has 4 nitrogen and oxygen atoms in total. The van der Waals surface area contributed by atoms with Crippen LogP contribution in [0.1, 0.15) is 38.4 Å². The molecule has 27 heavy (non-hydrogen) atoms. The second-order valence-corrected chi connectivity index (χ2v) is 8.81. The molecular formula is C22H22ClN3O. The fourth-order valence-corrected chi connectivity index (χ4v) is 5.38. The van der Waals surface area contributed by atoms with Crippen molar-refractivity contribution >= 4 is 17.4 Å². The van der Waals surface area contributed by atoms with E-state index in [-0.39, 0.29) is 17.4 Å². The Bertz CT molecular complexity index is 1040. The van der Waals surface area contributed by atoms with Crippen LogP contribution in [0.4, 0.5) is 0 Å². The average molecular weight is 380 g/mol. The number of hydrogen-bond acceptors (Lipinski definition) is 2. The predicted octanol–water partition coefficient (Wildman–Crippen LogP) is 4.97. The lowest BCUT2D eigenvalue weighted by atomic mass is 9.53. The highest BCUT2D eigenvalue weighted by Gasteiger charge is 2.55. The molecule has 1 aromatic heterocycles. The van der Waals surface area contributed by atoms with Gasteiger partial charge in [0, 0.05) is 34.0 Å². The second kappa shape index (κ2) is 5.81. The second-order valence-electron chi connectivity index (χ2n) is 8.38. The smallest absolute Gasteiger partial charge is 0.226 e. The summed E-state index contributed by atoms with van der Waals surface area (Å²) in [5, 5.41) is 5.58. The lowest BCUT2D eigenvalue weighted by Gasteiger charge is -2.49. The third-order valence-electron chi connectivity index (χ3n) is 6.41. The van der Waals surface area contributed by atoms with Crippen LogP contribution in [-0.2, 0) is 23.7 Å². The molecule has 0 amide bonds. The number of ketones is 1. The van der Waals surface area contributed by atoms with Crippen LogP contribution in [-0.4, -0.2) is 15.6 Å². The minimum absolute atomic E-state index is 0.0468. The first-order chi connectivity index (χ1) is 12.7. The Morgan fingerprint density at radius 3 is 2.74 bits per heavy atom. The molecule has 2 aliphatic carbocycles. The number of aryl methyl sites for hydroxylation is 1. The molecule has 0 saturated heterocycles. The van der Waals surface area contributed by atoms with Crippen molar-refractivity contribution in [1.82, 2.24) is 9.78 Å². The number of carbonyl (C=O) groups is 1. The highest BCUT2D eigenvalue weighted by molar-refractivity contribution is 6.30. The number of halogens is 1. The molecule has 0 N–H and O–H groups in total. The number of Topliss-reactive ketones (excluding diaryl/α,β-unsaturated/α-hetero) is 1. The van der Waals surface area contributed by atoms with E-state index < -0.39 is 10.8 Å².